The molecule has 0 saturated carbocycles. The van der Waals surface area contributed by atoms with E-state index in [9.17, 15) is 4.79 Å². The van der Waals surface area contributed by atoms with Gasteiger partial charge in [-0.05, 0) is 37.7 Å². The third-order valence-electron chi connectivity index (χ3n) is 4.45. The molecule has 2 aromatic carbocycles. The normalized spacial score (nSPS) is 10.4. The van der Waals surface area contributed by atoms with Crippen molar-refractivity contribution in [3.8, 4) is 23.2 Å². The summed E-state index contributed by atoms with van der Waals surface area (Å²) in [5.41, 5.74) is 2.76. The van der Waals surface area contributed by atoms with Crippen molar-refractivity contribution >= 4 is 23.8 Å². The molecule has 0 spiro atoms. The fourth-order valence-electron chi connectivity index (χ4n) is 2.89. The number of nitrogens with zero attached hydrogens (tertiary/aromatic N) is 3. The summed E-state index contributed by atoms with van der Waals surface area (Å²) in [5, 5.41) is 18.6. The molecule has 3 aromatic rings. The number of aromatic amines is 1. The maximum atomic E-state index is 12.5. The van der Waals surface area contributed by atoms with Crippen LogP contribution in [0, 0.1) is 23.0 Å². The number of ether oxygens (including phenoxy) is 1. The van der Waals surface area contributed by atoms with Crippen LogP contribution in [0.4, 0.5) is 5.69 Å². The predicted molar refractivity (Wildman–Crippen MR) is 118 cm³/mol. The van der Waals surface area contributed by atoms with E-state index in [1.165, 1.54) is 0 Å². The van der Waals surface area contributed by atoms with Gasteiger partial charge in [0.25, 0.3) is 0 Å². The van der Waals surface area contributed by atoms with E-state index in [1.807, 2.05) is 47.9 Å². The van der Waals surface area contributed by atoms with Crippen molar-refractivity contribution in [1.29, 1.82) is 5.26 Å². The van der Waals surface area contributed by atoms with Gasteiger partial charge in [0.15, 0.2) is 10.6 Å². The quantitative estimate of drug-likeness (QED) is 0.388. The highest BCUT2D eigenvalue weighted by molar-refractivity contribution is 7.71. The van der Waals surface area contributed by atoms with E-state index in [1.54, 1.807) is 12.1 Å². The average molecular weight is 422 g/mol. The summed E-state index contributed by atoms with van der Waals surface area (Å²) in [5.74, 6) is 1.24. The van der Waals surface area contributed by atoms with Crippen LogP contribution >= 0.6 is 12.2 Å². The van der Waals surface area contributed by atoms with E-state index in [0.29, 0.717) is 48.0 Å². The fraction of sp³-hybridized carbons (Fsp3) is 0.273. The van der Waals surface area contributed by atoms with E-state index in [4.69, 9.17) is 22.2 Å². The molecule has 2 N–H and O–H groups in total. The van der Waals surface area contributed by atoms with Gasteiger partial charge in [0.2, 0.25) is 5.91 Å². The molecule has 0 aliphatic carbocycles. The number of hydrogen-bond acceptors (Lipinski definition) is 5. The molecule has 0 unspecified atom stereocenters. The fourth-order valence-corrected chi connectivity index (χ4v) is 3.11. The SMILES string of the molecule is Cc1ccc(-c2n[nH]c(=S)n2CCC(=O)Nc2cccc(OCCCC#N)c2)cc1. The summed E-state index contributed by atoms with van der Waals surface area (Å²) < 4.78 is 7.91. The second-order valence-electron chi connectivity index (χ2n) is 6.81. The third kappa shape index (κ3) is 5.78. The third-order valence-corrected chi connectivity index (χ3v) is 4.76. The Morgan fingerprint density at radius 2 is 2.10 bits per heavy atom. The number of carbonyl (C=O) groups is 1. The monoisotopic (exact) mass is 421 g/mol. The van der Waals surface area contributed by atoms with Crippen LogP contribution in [0.15, 0.2) is 48.5 Å². The highest BCUT2D eigenvalue weighted by Crippen LogP contribution is 2.20. The van der Waals surface area contributed by atoms with E-state index in [2.05, 4.69) is 21.6 Å². The number of rotatable bonds is 9. The van der Waals surface area contributed by atoms with Gasteiger partial charge in [0.05, 0.1) is 12.7 Å². The molecule has 30 heavy (non-hydrogen) atoms. The van der Waals surface area contributed by atoms with E-state index in [-0.39, 0.29) is 12.3 Å². The first-order valence-corrected chi connectivity index (χ1v) is 10.1. The van der Waals surface area contributed by atoms with Gasteiger partial charge >= 0.3 is 0 Å². The Morgan fingerprint density at radius 3 is 2.87 bits per heavy atom. The summed E-state index contributed by atoms with van der Waals surface area (Å²) in [4.78, 5) is 12.5. The van der Waals surface area contributed by atoms with Gasteiger partial charge in [0.1, 0.15) is 5.75 Å². The minimum absolute atomic E-state index is 0.130. The number of aryl methyl sites for hydroxylation is 1. The molecule has 8 heteroatoms. The number of aromatic nitrogens is 3. The predicted octanol–water partition coefficient (Wildman–Crippen LogP) is 4.63. The molecular weight excluding hydrogens is 398 g/mol. The molecule has 0 fully saturated rings. The van der Waals surface area contributed by atoms with Gasteiger partial charge in [-0.25, -0.2) is 0 Å². The molecule has 0 atom stereocenters. The van der Waals surface area contributed by atoms with Crippen molar-refractivity contribution in [1.82, 2.24) is 14.8 Å². The number of amides is 1. The molecule has 0 saturated heterocycles. The highest BCUT2D eigenvalue weighted by Gasteiger charge is 2.11. The largest absolute Gasteiger partial charge is 0.493 e. The Hall–Kier alpha value is -3.44. The Kier molecular flexibility index (Phi) is 7.35. The zero-order valence-corrected chi connectivity index (χ0v) is 17.5. The number of anilines is 1. The Labute approximate surface area is 180 Å². The Balaban J connectivity index is 1.59. The van der Waals surface area contributed by atoms with Gasteiger partial charge in [-0.3, -0.25) is 14.5 Å². The highest BCUT2D eigenvalue weighted by atomic mass is 32.1. The first-order chi connectivity index (χ1) is 14.6. The van der Waals surface area contributed by atoms with Crippen molar-refractivity contribution in [2.45, 2.75) is 32.7 Å². The molecule has 1 amide bonds. The topological polar surface area (TPSA) is 95.7 Å². The number of nitrogens with one attached hydrogen (secondary N) is 2. The summed E-state index contributed by atoms with van der Waals surface area (Å²) in [7, 11) is 0. The molecule has 0 aliphatic heterocycles. The Morgan fingerprint density at radius 1 is 1.30 bits per heavy atom. The number of hydrogen-bond donors (Lipinski definition) is 2. The van der Waals surface area contributed by atoms with Crippen molar-refractivity contribution in [2.75, 3.05) is 11.9 Å². The number of nitriles is 1. The van der Waals surface area contributed by atoms with Gasteiger partial charge < -0.3 is 10.1 Å². The summed E-state index contributed by atoms with van der Waals surface area (Å²) >= 11 is 5.33. The molecular formula is C22H23N5O2S. The van der Waals surface area contributed by atoms with E-state index < -0.39 is 0 Å². The molecule has 3 rings (SSSR count). The lowest BCUT2D eigenvalue weighted by Gasteiger charge is -2.10. The number of H-pyrrole nitrogens is 1. The minimum Gasteiger partial charge on any atom is -0.493 e. The van der Waals surface area contributed by atoms with Crippen LogP contribution in [-0.2, 0) is 11.3 Å². The molecule has 154 valence electrons. The van der Waals surface area contributed by atoms with Gasteiger partial charge in [-0.15, -0.1) is 0 Å². The first kappa shape index (κ1) is 21.3. The lowest BCUT2D eigenvalue weighted by atomic mass is 10.1. The van der Waals surface area contributed by atoms with Crippen molar-refractivity contribution in [3.05, 3.63) is 58.9 Å². The first-order valence-electron chi connectivity index (χ1n) is 9.69. The lowest BCUT2D eigenvalue weighted by Crippen LogP contribution is -2.15. The van der Waals surface area contributed by atoms with Gasteiger partial charge in [0, 0.05) is 36.7 Å². The van der Waals surface area contributed by atoms with Crippen LogP contribution in [0.1, 0.15) is 24.8 Å². The van der Waals surface area contributed by atoms with Crippen LogP contribution in [0.5, 0.6) is 5.75 Å². The standard InChI is InChI=1S/C22H23N5O2S/c1-16-7-9-17(10-8-16)21-25-26-22(30)27(21)13-11-20(28)24-18-5-4-6-19(15-18)29-14-3-2-12-23/h4-10,15H,2-3,11,13-14H2,1H3,(H,24,28)(H,26,30). The van der Waals surface area contributed by atoms with Gasteiger partial charge in [-0.1, -0.05) is 35.9 Å². The molecule has 0 aliphatic rings. The zero-order valence-electron chi connectivity index (χ0n) is 16.7. The second kappa shape index (κ2) is 10.4. The molecule has 1 aromatic heterocycles. The minimum atomic E-state index is -0.130. The molecule has 0 radical (unpaired) electrons. The number of benzene rings is 2. The average Bonchev–Trinajstić information content (AvgIpc) is 3.11. The van der Waals surface area contributed by atoms with Gasteiger partial charge in [-0.2, -0.15) is 10.4 Å². The summed E-state index contributed by atoms with van der Waals surface area (Å²) in [6, 6.07) is 17.3. The van der Waals surface area contributed by atoms with Crippen LogP contribution in [0.25, 0.3) is 11.4 Å². The lowest BCUT2D eigenvalue weighted by molar-refractivity contribution is -0.116. The van der Waals surface area contributed by atoms with Crippen molar-refractivity contribution < 1.29 is 9.53 Å². The molecule has 1 heterocycles. The number of unbranched alkanes of at least 4 members (excludes halogenated alkanes) is 1. The maximum Gasteiger partial charge on any atom is 0.226 e. The van der Waals surface area contributed by atoms with E-state index in [0.717, 1.165) is 11.1 Å². The van der Waals surface area contributed by atoms with E-state index >= 15 is 0 Å². The smallest absolute Gasteiger partial charge is 0.226 e. The van der Waals surface area contributed by atoms with Crippen molar-refractivity contribution in [2.24, 2.45) is 0 Å². The summed E-state index contributed by atoms with van der Waals surface area (Å²) in [6.45, 7) is 2.90. The maximum absolute atomic E-state index is 12.5. The zero-order chi connectivity index (χ0) is 21.3. The Bertz CT molecular complexity index is 1100. The van der Waals surface area contributed by atoms with Crippen LogP contribution < -0.4 is 10.1 Å². The van der Waals surface area contributed by atoms with Crippen molar-refractivity contribution in [3.63, 3.8) is 0 Å². The van der Waals surface area contributed by atoms with Crippen LogP contribution in [0.3, 0.4) is 0 Å². The molecule has 7 nitrogen and oxygen atoms in total. The second-order valence-corrected chi connectivity index (χ2v) is 7.19. The summed E-state index contributed by atoms with van der Waals surface area (Å²) in [6.07, 6.45) is 1.37. The number of carbonyl (C=O) groups excluding carboxylic acids is 1. The molecule has 0 bridgehead atoms. The van der Waals surface area contributed by atoms with Crippen LogP contribution in [0.2, 0.25) is 0 Å². The van der Waals surface area contributed by atoms with Crippen LogP contribution in [-0.4, -0.2) is 27.3 Å².